The van der Waals surface area contributed by atoms with Crippen LogP contribution >= 0.6 is 11.6 Å². The monoisotopic (exact) mass is 313 g/mol. The first kappa shape index (κ1) is 13.4. The van der Waals surface area contributed by atoms with E-state index in [4.69, 9.17) is 21.9 Å². The summed E-state index contributed by atoms with van der Waals surface area (Å²) < 4.78 is 28.1. The molecule has 2 heterocycles. The number of benzene rings is 1. The van der Waals surface area contributed by atoms with Crippen molar-refractivity contribution in [1.29, 1.82) is 0 Å². The van der Waals surface area contributed by atoms with E-state index < -0.39 is 9.84 Å². The first-order valence-electron chi connectivity index (χ1n) is 6.04. The highest BCUT2D eigenvalue weighted by molar-refractivity contribution is 7.91. The van der Waals surface area contributed by atoms with Gasteiger partial charge < -0.3 is 10.3 Å². The van der Waals surface area contributed by atoms with Crippen molar-refractivity contribution in [3.63, 3.8) is 0 Å². The second-order valence-corrected chi connectivity index (χ2v) is 7.43. The molecule has 0 spiro atoms. The first-order chi connectivity index (χ1) is 9.44. The summed E-state index contributed by atoms with van der Waals surface area (Å²) in [4.78, 5) is 4.25. The lowest BCUT2D eigenvalue weighted by atomic mass is 10.1. The maximum atomic E-state index is 11.5. The topological polar surface area (TPSA) is 99.1 Å². The van der Waals surface area contributed by atoms with Crippen LogP contribution in [0.3, 0.4) is 0 Å². The molecule has 0 radical (unpaired) electrons. The molecule has 1 aliphatic heterocycles. The summed E-state index contributed by atoms with van der Waals surface area (Å²) >= 11 is 6.07. The SMILES string of the molecule is Nc1ccc(-c2nc(C3CCS(=O)(=O)C3)no2)c(Cl)c1. The minimum Gasteiger partial charge on any atom is -0.399 e. The standard InChI is InChI=1S/C12H12ClN3O3S/c13-10-5-8(14)1-2-9(10)12-15-11(16-19-12)7-3-4-20(17,18)6-7/h1-2,5,7H,3-4,6,14H2. The Morgan fingerprint density at radius 2 is 2.20 bits per heavy atom. The number of sulfone groups is 1. The fourth-order valence-corrected chi connectivity index (χ4v) is 4.22. The van der Waals surface area contributed by atoms with Crippen molar-refractivity contribution < 1.29 is 12.9 Å². The van der Waals surface area contributed by atoms with Crippen LogP contribution < -0.4 is 5.73 Å². The average molecular weight is 314 g/mol. The molecule has 1 saturated heterocycles. The van der Waals surface area contributed by atoms with E-state index in [1.54, 1.807) is 18.2 Å². The molecule has 3 rings (SSSR count). The van der Waals surface area contributed by atoms with Crippen molar-refractivity contribution in [2.24, 2.45) is 0 Å². The molecule has 1 atom stereocenters. The fraction of sp³-hybridized carbons (Fsp3) is 0.333. The third-order valence-electron chi connectivity index (χ3n) is 3.26. The lowest BCUT2D eigenvalue weighted by molar-refractivity contribution is 0.418. The molecule has 0 aliphatic carbocycles. The molecule has 2 N–H and O–H groups in total. The Kier molecular flexibility index (Phi) is 3.18. The van der Waals surface area contributed by atoms with Crippen LogP contribution in [0.2, 0.25) is 5.02 Å². The van der Waals surface area contributed by atoms with Gasteiger partial charge in [0, 0.05) is 11.6 Å². The number of nitrogens with zero attached hydrogens (tertiary/aromatic N) is 2. The molecule has 1 aliphatic rings. The minimum absolute atomic E-state index is 0.0709. The zero-order valence-electron chi connectivity index (χ0n) is 10.4. The van der Waals surface area contributed by atoms with Crippen molar-refractivity contribution in [1.82, 2.24) is 10.1 Å². The van der Waals surface area contributed by atoms with Crippen LogP contribution in [0.15, 0.2) is 22.7 Å². The van der Waals surface area contributed by atoms with E-state index in [1.165, 1.54) is 0 Å². The van der Waals surface area contributed by atoms with Crippen LogP contribution in [0.1, 0.15) is 18.2 Å². The number of hydrogen-bond donors (Lipinski definition) is 1. The molecule has 0 bridgehead atoms. The molecule has 6 nitrogen and oxygen atoms in total. The third kappa shape index (κ3) is 2.51. The third-order valence-corrected chi connectivity index (χ3v) is 5.34. The molecule has 1 fully saturated rings. The minimum atomic E-state index is -2.98. The molecule has 1 unspecified atom stereocenters. The van der Waals surface area contributed by atoms with Gasteiger partial charge in [-0.05, 0) is 24.6 Å². The molecule has 0 amide bonds. The molecule has 1 aromatic heterocycles. The fourth-order valence-electron chi connectivity index (χ4n) is 2.21. The predicted octanol–water partition coefficient (Wildman–Crippen LogP) is 1.87. The van der Waals surface area contributed by atoms with Crippen molar-refractivity contribution in [2.45, 2.75) is 12.3 Å². The number of nitrogen functional groups attached to an aromatic ring is 1. The van der Waals surface area contributed by atoms with Gasteiger partial charge in [-0.3, -0.25) is 0 Å². The Labute approximate surface area is 120 Å². The predicted molar refractivity (Wildman–Crippen MR) is 75.2 cm³/mol. The molecular formula is C12H12ClN3O3S. The molecule has 106 valence electrons. The second-order valence-electron chi connectivity index (χ2n) is 4.80. The van der Waals surface area contributed by atoms with E-state index >= 15 is 0 Å². The first-order valence-corrected chi connectivity index (χ1v) is 8.24. The second kappa shape index (κ2) is 4.75. The van der Waals surface area contributed by atoms with Crippen molar-refractivity contribution in [3.8, 4) is 11.5 Å². The van der Waals surface area contributed by atoms with E-state index in [0.29, 0.717) is 28.5 Å². The Balaban J connectivity index is 1.91. The lowest BCUT2D eigenvalue weighted by Gasteiger charge is -2.00. The summed E-state index contributed by atoms with van der Waals surface area (Å²) in [6.07, 6.45) is 0.525. The smallest absolute Gasteiger partial charge is 0.259 e. The van der Waals surface area contributed by atoms with Crippen LogP contribution in [-0.4, -0.2) is 30.1 Å². The number of halogens is 1. The van der Waals surface area contributed by atoms with Crippen LogP contribution in [0, 0.1) is 0 Å². The molecule has 0 saturated carbocycles. The summed E-state index contributed by atoms with van der Waals surface area (Å²) in [6, 6.07) is 4.98. The summed E-state index contributed by atoms with van der Waals surface area (Å²) in [5, 5.41) is 4.28. The highest BCUT2D eigenvalue weighted by Crippen LogP contribution is 2.31. The van der Waals surface area contributed by atoms with Gasteiger partial charge in [0.1, 0.15) is 0 Å². The quantitative estimate of drug-likeness (QED) is 0.850. The Morgan fingerprint density at radius 3 is 2.85 bits per heavy atom. The zero-order chi connectivity index (χ0) is 14.3. The average Bonchev–Trinajstić information content (AvgIpc) is 2.95. The molecule has 8 heteroatoms. The number of nitrogens with two attached hydrogens (primary N) is 1. The molecule has 2 aromatic rings. The molecule has 20 heavy (non-hydrogen) atoms. The Bertz CT molecular complexity index is 757. The van der Waals surface area contributed by atoms with Crippen molar-refractivity contribution in [2.75, 3.05) is 17.2 Å². The van der Waals surface area contributed by atoms with Crippen molar-refractivity contribution >= 4 is 27.1 Å². The maximum Gasteiger partial charge on any atom is 0.259 e. The lowest BCUT2D eigenvalue weighted by Crippen LogP contribution is -2.05. The number of aromatic nitrogens is 2. The van der Waals surface area contributed by atoms with Gasteiger partial charge in [-0.15, -0.1) is 0 Å². The summed E-state index contributed by atoms with van der Waals surface area (Å²) in [6.45, 7) is 0. The van der Waals surface area contributed by atoms with Crippen LogP contribution in [-0.2, 0) is 9.84 Å². The van der Waals surface area contributed by atoms with Gasteiger partial charge in [0.2, 0.25) is 0 Å². The molecule has 1 aromatic carbocycles. The van der Waals surface area contributed by atoms with Gasteiger partial charge in [-0.25, -0.2) is 8.42 Å². The number of rotatable bonds is 2. The van der Waals surface area contributed by atoms with E-state index in [-0.39, 0.29) is 23.3 Å². The Morgan fingerprint density at radius 1 is 1.40 bits per heavy atom. The number of hydrogen-bond acceptors (Lipinski definition) is 6. The maximum absolute atomic E-state index is 11.5. The summed E-state index contributed by atoms with van der Waals surface area (Å²) in [5.74, 6) is 0.722. The zero-order valence-corrected chi connectivity index (χ0v) is 12.0. The Hall–Kier alpha value is -1.60. The summed E-state index contributed by atoms with van der Waals surface area (Å²) in [5.41, 5.74) is 6.75. The van der Waals surface area contributed by atoms with E-state index in [0.717, 1.165) is 0 Å². The van der Waals surface area contributed by atoms with Crippen LogP contribution in [0.4, 0.5) is 5.69 Å². The van der Waals surface area contributed by atoms with Gasteiger partial charge >= 0.3 is 0 Å². The van der Waals surface area contributed by atoms with Gasteiger partial charge in [-0.1, -0.05) is 16.8 Å². The summed E-state index contributed by atoms with van der Waals surface area (Å²) in [7, 11) is -2.98. The van der Waals surface area contributed by atoms with E-state index in [9.17, 15) is 8.42 Å². The van der Waals surface area contributed by atoms with Gasteiger partial charge in [0.05, 0.1) is 22.1 Å². The van der Waals surface area contributed by atoms with Crippen molar-refractivity contribution in [3.05, 3.63) is 29.0 Å². The van der Waals surface area contributed by atoms with E-state index in [1.807, 2.05) is 0 Å². The largest absolute Gasteiger partial charge is 0.399 e. The van der Waals surface area contributed by atoms with Gasteiger partial charge in [0.25, 0.3) is 5.89 Å². The van der Waals surface area contributed by atoms with Crippen LogP contribution in [0.25, 0.3) is 11.5 Å². The highest BCUT2D eigenvalue weighted by Gasteiger charge is 2.32. The normalized spacial score (nSPS) is 21.1. The number of anilines is 1. The molecular weight excluding hydrogens is 302 g/mol. The van der Waals surface area contributed by atoms with Crippen LogP contribution in [0.5, 0.6) is 0 Å². The highest BCUT2D eigenvalue weighted by atomic mass is 35.5. The van der Waals surface area contributed by atoms with Gasteiger partial charge in [0.15, 0.2) is 15.7 Å². The van der Waals surface area contributed by atoms with Gasteiger partial charge in [-0.2, -0.15) is 4.98 Å². The van der Waals surface area contributed by atoms with E-state index in [2.05, 4.69) is 10.1 Å².